The van der Waals surface area contributed by atoms with Gasteiger partial charge >= 0.3 is 5.97 Å². The first kappa shape index (κ1) is 13.1. The van der Waals surface area contributed by atoms with Crippen molar-refractivity contribution in [3.8, 4) is 11.4 Å². The molecule has 3 rings (SSSR count). The van der Waals surface area contributed by atoms with Crippen molar-refractivity contribution in [2.45, 2.75) is 20.0 Å². The lowest BCUT2D eigenvalue weighted by atomic mass is 10.2. The van der Waals surface area contributed by atoms with Crippen LogP contribution in [0.3, 0.4) is 0 Å². The second kappa shape index (κ2) is 5.25. The van der Waals surface area contributed by atoms with Gasteiger partial charge in [0.1, 0.15) is 0 Å². The van der Waals surface area contributed by atoms with Crippen LogP contribution in [0.2, 0.25) is 5.02 Å². The molecule has 1 aliphatic carbocycles. The van der Waals surface area contributed by atoms with Crippen molar-refractivity contribution < 1.29 is 14.1 Å². The van der Waals surface area contributed by atoms with E-state index in [1.54, 1.807) is 24.3 Å². The molecule has 1 saturated carbocycles. The number of esters is 1. The predicted octanol–water partition coefficient (Wildman–Crippen LogP) is 3.09. The van der Waals surface area contributed by atoms with E-state index in [0.717, 1.165) is 12.0 Å². The molecule has 1 aromatic carbocycles. The molecular formula is C14H13ClN2O3. The summed E-state index contributed by atoms with van der Waals surface area (Å²) in [5, 5.41) is 4.49. The molecule has 0 bridgehead atoms. The Kier molecular flexibility index (Phi) is 3.44. The number of benzene rings is 1. The molecule has 1 heterocycles. The van der Waals surface area contributed by atoms with E-state index in [0.29, 0.717) is 16.8 Å². The van der Waals surface area contributed by atoms with Crippen LogP contribution in [0.5, 0.6) is 0 Å². The summed E-state index contributed by atoms with van der Waals surface area (Å²) >= 11 is 5.81. The summed E-state index contributed by atoms with van der Waals surface area (Å²) in [6.07, 6.45) is 0.901. The second-order valence-electron chi connectivity index (χ2n) is 4.95. The minimum atomic E-state index is -0.191. The highest BCUT2D eigenvalue weighted by atomic mass is 35.5. The van der Waals surface area contributed by atoms with Gasteiger partial charge in [-0.15, -0.1) is 0 Å². The lowest BCUT2D eigenvalue weighted by Crippen LogP contribution is -2.07. The van der Waals surface area contributed by atoms with Crippen LogP contribution in [0.25, 0.3) is 11.4 Å². The Morgan fingerprint density at radius 1 is 1.45 bits per heavy atom. The van der Waals surface area contributed by atoms with Gasteiger partial charge in [-0.2, -0.15) is 4.98 Å². The Hall–Kier alpha value is -1.88. The molecule has 0 amide bonds. The average molecular weight is 293 g/mol. The number of carbonyl (C=O) groups excluding carboxylic acids is 1. The molecule has 1 fully saturated rings. The van der Waals surface area contributed by atoms with Gasteiger partial charge in [0.15, 0.2) is 6.61 Å². The third kappa shape index (κ3) is 2.82. The summed E-state index contributed by atoms with van der Waals surface area (Å²) < 4.78 is 10.2. The maximum atomic E-state index is 11.6. The van der Waals surface area contributed by atoms with E-state index in [1.807, 2.05) is 6.92 Å². The van der Waals surface area contributed by atoms with Crippen molar-refractivity contribution >= 4 is 17.6 Å². The fourth-order valence-corrected chi connectivity index (χ4v) is 2.05. The zero-order chi connectivity index (χ0) is 14.1. The Bertz CT molecular complexity index is 624. The number of nitrogens with zero attached hydrogens (tertiary/aromatic N) is 2. The minimum Gasteiger partial charge on any atom is -0.455 e. The van der Waals surface area contributed by atoms with Gasteiger partial charge in [-0.3, -0.25) is 4.79 Å². The monoisotopic (exact) mass is 292 g/mol. The van der Waals surface area contributed by atoms with Crippen LogP contribution in [0.4, 0.5) is 0 Å². The van der Waals surface area contributed by atoms with E-state index in [1.165, 1.54) is 0 Å². The Morgan fingerprint density at radius 2 is 2.15 bits per heavy atom. The van der Waals surface area contributed by atoms with Crippen molar-refractivity contribution in [1.82, 2.24) is 10.1 Å². The fraction of sp³-hybridized carbons (Fsp3) is 0.357. The molecule has 2 aromatic rings. The first-order valence-corrected chi connectivity index (χ1v) is 6.76. The third-order valence-electron chi connectivity index (χ3n) is 3.32. The van der Waals surface area contributed by atoms with Crippen molar-refractivity contribution in [2.24, 2.45) is 11.8 Å². The fourth-order valence-electron chi connectivity index (χ4n) is 1.92. The van der Waals surface area contributed by atoms with Crippen LogP contribution >= 0.6 is 11.6 Å². The SMILES string of the molecule is C[C@@H]1C[C@H]1C(=O)OCc1nc(-c2ccc(Cl)cc2)no1. The molecule has 0 saturated heterocycles. The number of rotatable bonds is 4. The summed E-state index contributed by atoms with van der Waals surface area (Å²) in [6.45, 7) is 2.04. The van der Waals surface area contributed by atoms with E-state index in [2.05, 4.69) is 10.1 Å². The molecule has 0 spiro atoms. The van der Waals surface area contributed by atoms with E-state index in [9.17, 15) is 4.79 Å². The largest absolute Gasteiger partial charge is 0.455 e. The topological polar surface area (TPSA) is 65.2 Å². The molecule has 1 aromatic heterocycles. The molecule has 0 unspecified atom stereocenters. The lowest BCUT2D eigenvalue weighted by Gasteiger charge is -1.99. The average Bonchev–Trinajstić information content (AvgIpc) is 3.00. The molecule has 0 radical (unpaired) electrons. The van der Waals surface area contributed by atoms with E-state index >= 15 is 0 Å². The molecule has 6 heteroatoms. The highest BCUT2D eigenvalue weighted by Gasteiger charge is 2.40. The van der Waals surface area contributed by atoms with Gasteiger partial charge in [-0.25, -0.2) is 0 Å². The number of ether oxygens (including phenoxy) is 1. The van der Waals surface area contributed by atoms with Gasteiger partial charge in [0.25, 0.3) is 5.89 Å². The van der Waals surface area contributed by atoms with Crippen LogP contribution in [0.1, 0.15) is 19.2 Å². The molecule has 5 nitrogen and oxygen atoms in total. The van der Waals surface area contributed by atoms with Crippen molar-refractivity contribution in [3.05, 3.63) is 35.2 Å². The Labute approximate surface area is 120 Å². The summed E-state index contributed by atoms with van der Waals surface area (Å²) in [5.41, 5.74) is 0.798. The van der Waals surface area contributed by atoms with Crippen LogP contribution in [0.15, 0.2) is 28.8 Å². The molecule has 0 N–H and O–H groups in total. The highest BCUT2D eigenvalue weighted by molar-refractivity contribution is 6.30. The second-order valence-corrected chi connectivity index (χ2v) is 5.38. The minimum absolute atomic E-state index is 0.0165. The molecular weight excluding hydrogens is 280 g/mol. The number of aromatic nitrogens is 2. The van der Waals surface area contributed by atoms with E-state index in [-0.39, 0.29) is 24.4 Å². The van der Waals surface area contributed by atoms with Crippen molar-refractivity contribution in [2.75, 3.05) is 0 Å². The first-order valence-electron chi connectivity index (χ1n) is 6.38. The Morgan fingerprint density at radius 3 is 2.80 bits per heavy atom. The van der Waals surface area contributed by atoms with Crippen molar-refractivity contribution in [3.63, 3.8) is 0 Å². The lowest BCUT2D eigenvalue weighted by molar-refractivity contribution is -0.147. The number of carbonyl (C=O) groups is 1. The van der Waals surface area contributed by atoms with Gasteiger partial charge in [-0.1, -0.05) is 23.7 Å². The molecule has 20 heavy (non-hydrogen) atoms. The van der Waals surface area contributed by atoms with Gasteiger partial charge in [0.05, 0.1) is 5.92 Å². The van der Waals surface area contributed by atoms with Crippen LogP contribution in [-0.4, -0.2) is 16.1 Å². The number of hydrogen-bond donors (Lipinski definition) is 0. The quantitative estimate of drug-likeness (QED) is 0.810. The highest BCUT2D eigenvalue weighted by Crippen LogP contribution is 2.38. The van der Waals surface area contributed by atoms with Gasteiger partial charge < -0.3 is 9.26 Å². The summed E-state index contributed by atoms with van der Waals surface area (Å²) in [7, 11) is 0. The van der Waals surface area contributed by atoms with Gasteiger partial charge in [-0.05, 0) is 36.6 Å². The molecule has 104 valence electrons. The standard InChI is InChI=1S/C14H13ClN2O3/c1-8-6-11(8)14(18)19-7-12-16-13(17-20-12)9-2-4-10(15)5-3-9/h2-5,8,11H,6-7H2,1H3/t8-,11-/m1/s1. The third-order valence-corrected chi connectivity index (χ3v) is 3.57. The van der Waals surface area contributed by atoms with Crippen LogP contribution in [-0.2, 0) is 16.1 Å². The summed E-state index contributed by atoms with van der Waals surface area (Å²) in [6, 6.07) is 7.10. The summed E-state index contributed by atoms with van der Waals surface area (Å²) in [4.78, 5) is 15.8. The maximum absolute atomic E-state index is 11.6. The summed E-state index contributed by atoms with van der Waals surface area (Å²) in [5.74, 6) is 1.01. The van der Waals surface area contributed by atoms with E-state index < -0.39 is 0 Å². The van der Waals surface area contributed by atoms with Crippen LogP contribution < -0.4 is 0 Å². The number of hydrogen-bond acceptors (Lipinski definition) is 5. The van der Waals surface area contributed by atoms with Crippen molar-refractivity contribution in [1.29, 1.82) is 0 Å². The normalized spacial score (nSPS) is 20.7. The number of halogens is 1. The maximum Gasteiger partial charge on any atom is 0.309 e. The zero-order valence-corrected chi connectivity index (χ0v) is 11.6. The molecule has 2 atom stereocenters. The first-order chi connectivity index (χ1) is 9.63. The predicted molar refractivity (Wildman–Crippen MR) is 71.8 cm³/mol. The van der Waals surface area contributed by atoms with Crippen LogP contribution in [0, 0.1) is 11.8 Å². The molecule has 1 aliphatic rings. The Balaban J connectivity index is 1.62. The smallest absolute Gasteiger partial charge is 0.309 e. The zero-order valence-electron chi connectivity index (χ0n) is 10.9. The van der Waals surface area contributed by atoms with E-state index in [4.69, 9.17) is 20.9 Å². The molecule has 0 aliphatic heterocycles. The van der Waals surface area contributed by atoms with Gasteiger partial charge in [0, 0.05) is 10.6 Å². The van der Waals surface area contributed by atoms with Gasteiger partial charge in [0.2, 0.25) is 5.82 Å².